The van der Waals surface area contributed by atoms with Gasteiger partial charge in [-0.25, -0.2) is 9.59 Å². The first-order valence-electron chi connectivity index (χ1n) is 17.7. The Morgan fingerprint density at radius 3 is 1.10 bits per heavy atom. The number of hydrogen-bond acceptors (Lipinski definition) is 15. The van der Waals surface area contributed by atoms with Crippen molar-refractivity contribution in [2.75, 3.05) is 159 Å². The zero-order valence-corrected chi connectivity index (χ0v) is 30.9. The van der Waals surface area contributed by atoms with E-state index in [4.69, 9.17) is 61.6 Å². The van der Waals surface area contributed by atoms with Gasteiger partial charge in [-0.1, -0.05) is 36.9 Å². The highest BCUT2D eigenvalue weighted by molar-refractivity contribution is 5.86. The van der Waals surface area contributed by atoms with Crippen LogP contribution in [0.15, 0.2) is 42.5 Å². The molecule has 0 spiro atoms. The summed E-state index contributed by atoms with van der Waals surface area (Å²) in [6, 6.07) is 9.49. The summed E-state index contributed by atoms with van der Waals surface area (Å²) >= 11 is 0. The highest BCUT2D eigenvalue weighted by Gasteiger charge is 2.03. The van der Waals surface area contributed by atoms with Gasteiger partial charge in [0, 0.05) is 12.1 Å². The van der Waals surface area contributed by atoms with Crippen molar-refractivity contribution in [1.29, 1.82) is 0 Å². The minimum atomic E-state index is -0.474. The lowest BCUT2D eigenvalue weighted by atomic mass is 10.2. The van der Waals surface area contributed by atoms with Gasteiger partial charge in [0.2, 0.25) is 0 Å². The fourth-order valence-electron chi connectivity index (χ4n) is 3.62. The van der Waals surface area contributed by atoms with Crippen molar-refractivity contribution in [2.24, 2.45) is 0 Å². The molecular formula is C36H61NO15. The summed E-state index contributed by atoms with van der Waals surface area (Å²) in [4.78, 5) is 22.8. The Morgan fingerprint density at radius 1 is 0.462 bits per heavy atom. The van der Waals surface area contributed by atoms with E-state index >= 15 is 0 Å². The van der Waals surface area contributed by atoms with Crippen molar-refractivity contribution >= 4 is 12.1 Å². The van der Waals surface area contributed by atoms with Crippen molar-refractivity contribution in [2.45, 2.75) is 13.5 Å². The average molecular weight is 748 g/mol. The third-order valence-corrected chi connectivity index (χ3v) is 6.26. The Bertz CT molecular complexity index is 957. The Hall–Kier alpha value is -2.74. The van der Waals surface area contributed by atoms with Gasteiger partial charge in [0.05, 0.1) is 145 Å². The highest BCUT2D eigenvalue weighted by atomic mass is 16.6. The molecule has 0 fully saturated rings. The molecule has 16 nitrogen and oxygen atoms in total. The number of rotatable bonds is 39. The first kappa shape index (κ1) is 47.3. The molecule has 0 heterocycles. The number of amides is 1. The van der Waals surface area contributed by atoms with Crippen molar-refractivity contribution in [3.8, 4) is 0 Å². The van der Waals surface area contributed by atoms with Gasteiger partial charge in [-0.2, -0.15) is 0 Å². The molecule has 0 saturated heterocycles. The molecule has 1 N–H and O–H groups in total. The normalized spacial score (nSPS) is 11.1. The molecule has 0 aromatic heterocycles. The predicted molar refractivity (Wildman–Crippen MR) is 189 cm³/mol. The van der Waals surface area contributed by atoms with Crippen LogP contribution in [0.4, 0.5) is 4.79 Å². The summed E-state index contributed by atoms with van der Waals surface area (Å²) in [5, 5.41) is 2.64. The lowest BCUT2D eigenvalue weighted by Gasteiger charge is -2.09. The molecule has 0 aliphatic carbocycles. The number of benzene rings is 1. The van der Waals surface area contributed by atoms with E-state index in [0.717, 1.165) is 5.56 Å². The summed E-state index contributed by atoms with van der Waals surface area (Å²) in [6.45, 7) is 15.9. The molecule has 0 aliphatic rings. The van der Waals surface area contributed by atoms with Crippen molar-refractivity contribution in [3.63, 3.8) is 0 Å². The maximum atomic E-state index is 11.6. The molecule has 0 aliphatic heterocycles. The minimum Gasteiger partial charge on any atom is -0.460 e. The molecule has 16 heteroatoms. The topological polar surface area (TPSA) is 166 Å². The fourth-order valence-corrected chi connectivity index (χ4v) is 3.62. The summed E-state index contributed by atoms with van der Waals surface area (Å²) in [7, 11) is 0. The van der Waals surface area contributed by atoms with E-state index in [9.17, 15) is 9.59 Å². The summed E-state index contributed by atoms with van der Waals surface area (Å²) in [5.41, 5.74) is 1.30. The number of carbonyl (C=O) groups is 2. The first-order chi connectivity index (χ1) is 25.6. The zero-order valence-electron chi connectivity index (χ0n) is 30.9. The number of hydrogen-bond donors (Lipinski definition) is 1. The van der Waals surface area contributed by atoms with E-state index < -0.39 is 12.1 Å². The molecule has 1 rings (SSSR count). The van der Waals surface area contributed by atoms with E-state index in [1.807, 2.05) is 30.3 Å². The van der Waals surface area contributed by atoms with Crippen LogP contribution in [0.25, 0.3) is 0 Å². The van der Waals surface area contributed by atoms with Crippen LogP contribution in [0.1, 0.15) is 12.5 Å². The molecule has 52 heavy (non-hydrogen) atoms. The number of alkyl carbamates (subject to hydrolysis) is 1. The summed E-state index contributed by atoms with van der Waals surface area (Å²) < 4.78 is 69.9. The molecule has 1 aromatic rings. The van der Waals surface area contributed by atoms with Gasteiger partial charge in [0.15, 0.2) is 0 Å². The van der Waals surface area contributed by atoms with E-state index in [2.05, 4.69) is 11.9 Å². The second-order valence-electron chi connectivity index (χ2n) is 10.6. The van der Waals surface area contributed by atoms with E-state index in [-0.39, 0.29) is 13.2 Å². The average Bonchev–Trinajstić information content (AvgIpc) is 3.15. The van der Waals surface area contributed by atoms with Gasteiger partial charge >= 0.3 is 12.1 Å². The van der Waals surface area contributed by atoms with Gasteiger partial charge in [-0.15, -0.1) is 0 Å². The largest absolute Gasteiger partial charge is 0.460 e. The SMILES string of the molecule is C=C(C)C(=O)OCCOCCOCCOCCOCCOCCOCCOCCOCCOCCOCCOCCNC(=O)OCc1ccccc1. The van der Waals surface area contributed by atoms with Crippen LogP contribution in [0.2, 0.25) is 0 Å². The van der Waals surface area contributed by atoms with Crippen molar-refractivity contribution < 1.29 is 71.2 Å². The molecule has 0 saturated carbocycles. The first-order valence-corrected chi connectivity index (χ1v) is 17.7. The third kappa shape index (κ3) is 34.4. The number of ether oxygens (including phenoxy) is 13. The quantitative estimate of drug-likeness (QED) is 0.0592. The molecule has 1 aromatic carbocycles. The van der Waals surface area contributed by atoms with Crippen LogP contribution in [0.5, 0.6) is 0 Å². The van der Waals surface area contributed by atoms with Crippen LogP contribution in [0.3, 0.4) is 0 Å². The lowest BCUT2D eigenvalue weighted by Crippen LogP contribution is -2.28. The van der Waals surface area contributed by atoms with Gasteiger partial charge in [-0.3, -0.25) is 0 Å². The molecule has 0 bridgehead atoms. The van der Waals surface area contributed by atoms with E-state index in [1.54, 1.807) is 6.92 Å². The van der Waals surface area contributed by atoms with Crippen LogP contribution in [-0.2, 0) is 73.0 Å². The molecule has 1 amide bonds. The third-order valence-electron chi connectivity index (χ3n) is 6.26. The van der Waals surface area contributed by atoms with E-state index in [0.29, 0.717) is 157 Å². The lowest BCUT2D eigenvalue weighted by molar-refractivity contribution is -0.140. The molecule has 300 valence electrons. The second-order valence-corrected chi connectivity index (χ2v) is 10.6. The Balaban J connectivity index is 1.64. The maximum Gasteiger partial charge on any atom is 0.407 e. The Kier molecular flexibility index (Phi) is 34.6. The standard InChI is InChI=1S/C36H61NO15/c1-33(2)35(38)51-31-30-50-29-28-49-27-26-48-25-24-47-23-22-46-21-20-45-19-18-44-17-16-43-15-14-42-13-12-41-11-10-40-9-8-37-36(39)52-32-34-6-4-3-5-7-34/h3-7H,1,8-32H2,2H3,(H,37,39). The summed E-state index contributed by atoms with van der Waals surface area (Å²) in [5.74, 6) is -0.417. The monoisotopic (exact) mass is 747 g/mol. The Labute approximate surface area is 308 Å². The van der Waals surface area contributed by atoms with Crippen LogP contribution < -0.4 is 5.32 Å². The number of carbonyl (C=O) groups excluding carboxylic acids is 2. The molecular weight excluding hydrogens is 686 g/mol. The van der Waals surface area contributed by atoms with Gasteiger partial charge < -0.3 is 66.9 Å². The zero-order chi connectivity index (χ0) is 37.4. The van der Waals surface area contributed by atoms with Gasteiger partial charge in [0.25, 0.3) is 0 Å². The molecule has 0 atom stereocenters. The Morgan fingerprint density at radius 2 is 0.769 bits per heavy atom. The minimum absolute atomic E-state index is 0.193. The van der Waals surface area contributed by atoms with Crippen molar-refractivity contribution in [3.05, 3.63) is 48.0 Å². The van der Waals surface area contributed by atoms with Crippen LogP contribution >= 0.6 is 0 Å². The molecule has 0 unspecified atom stereocenters. The maximum absolute atomic E-state index is 11.6. The fraction of sp³-hybridized carbons (Fsp3) is 0.722. The van der Waals surface area contributed by atoms with E-state index in [1.165, 1.54) is 0 Å². The van der Waals surface area contributed by atoms with Crippen LogP contribution in [-0.4, -0.2) is 171 Å². The van der Waals surface area contributed by atoms with Gasteiger partial charge in [0.1, 0.15) is 13.2 Å². The van der Waals surface area contributed by atoms with Crippen molar-refractivity contribution in [1.82, 2.24) is 5.32 Å². The van der Waals surface area contributed by atoms with Crippen LogP contribution in [0, 0.1) is 0 Å². The van der Waals surface area contributed by atoms with Gasteiger partial charge in [-0.05, 0) is 12.5 Å². The smallest absolute Gasteiger partial charge is 0.407 e. The highest BCUT2D eigenvalue weighted by Crippen LogP contribution is 2.00. The number of nitrogens with one attached hydrogen (secondary N) is 1. The number of esters is 1. The summed E-state index contributed by atoms with van der Waals surface area (Å²) in [6.07, 6.45) is -0.474. The second kappa shape index (κ2) is 38.0. The predicted octanol–water partition coefficient (Wildman–Crippen LogP) is 2.21. The molecule has 0 radical (unpaired) electrons.